The molecule has 0 saturated heterocycles. The van der Waals surface area contributed by atoms with Crippen molar-refractivity contribution in [3.05, 3.63) is 40.6 Å². The lowest BCUT2D eigenvalue weighted by molar-refractivity contribution is -0.133. The second-order valence-corrected chi connectivity index (χ2v) is 7.25. The summed E-state index contributed by atoms with van der Waals surface area (Å²) in [5.74, 6) is 2.06. The molecule has 2 aromatic rings. The minimum Gasteiger partial charge on any atom is -0.486 e. The van der Waals surface area contributed by atoms with Gasteiger partial charge in [0.05, 0.1) is 6.54 Å². The van der Waals surface area contributed by atoms with Crippen LogP contribution in [0.4, 0.5) is 0 Å². The van der Waals surface area contributed by atoms with Gasteiger partial charge in [-0.15, -0.1) is 0 Å². The van der Waals surface area contributed by atoms with Crippen LogP contribution in [-0.2, 0) is 24.3 Å². The van der Waals surface area contributed by atoms with E-state index in [4.69, 9.17) is 9.47 Å². The zero-order valence-corrected chi connectivity index (χ0v) is 16.2. The van der Waals surface area contributed by atoms with Crippen LogP contribution in [0, 0.1) is 0 Å². The summed E-state index contributed by atoms with van der Waals surface area (Å²) in [6.45, 7) is 3.89. The molecule has 8 nitrogen and oxygen atoms in total. The predicted molar refractivity (Wildman–Crippen MR) is 103 cm³/mol. The lowest BCUT2D eigenvalue weighted by Gasteiger charge is -2.30. The second kappa shape index (κ2) is 8.08. The number of benzene rings is 1. The highest BCUT2D eigenvalue weighted by Crippen LogP contribution is 2.31. The van der Waals surface area contributed by atoms with Crippen LogP contribution in [0.25, 0.3) is 0 Å². The monoisotopic (exact) mass is 386 g/mol. The Labute approximate surface area is 163 Å². The summed E-state index contributed by atoms with van der Waals surface area (Å²) in [4.78, 5) is 27.1. The minimum atomic E-state index is -0.241. The summed E-state index contributed by atoms with van der Waals surface area (Å²) in [6, 6.07) is 7.51. The molecule has 150 valence electrons. The number of hydrogen-bond donors (Lipinski definition) is 0. The fourth-order valence-corrected chi connectivity index (χ4v) is 3.76. The molecule has 0 aliphatic carbocycles. The van der Waals surface area contributed by atoms with Crippen LogP contribution in [0.3, 0.4) is 0 Å². The van der Waals surface area contributed by atoms with Gasteiger partial charge in [0.1, 0.15) is 19.0 Å². The van der Waals surface area contributed by atoms with Gasteiger partial charge in [-0.2, -0.15) is 5.10 Å². The third-order valence-electron chi connectivity index (χ3n) is 5.29. The number of aromatic nitrogens is 3. The molecule has 4 rings (SSSR count). The molecule has 2 aliphatic heterocycles. The molecule has 0 fully saturated rings. The van der Waals surface area contributed by atoms with Crippen LogP contribution in [-0.4, -0.2) is 51.0 Å². The first kappa shape index (κ1) is 18.6. The number of carbonyl (C=O) groups is 1. The van der Waals surface area contributed by atoms with Crippen molar-refractivity contribution in [3.63, 3.8) is 0 Å². The number of aryl methyl sites for hydroxylation is 1. The highest BCUT2D eigenvalue weighted by Gasteiger charge is 2.26. The number of amides is 1. The Bertz CT molecular complexity index is 904. The van der Waals surface area contributed by atoms with Crippen LogP contribution >= 0.6 is 0 Å². The van der Waals surface area contributed by atoms with Gasteiger partial charge in [-0.25, -0.2) is 9.48 Å². The van der Waals surface area contributed by atoms with Crippen molar-refractivity contribution in [1.82, 2.24) is 19.2 Å². The van der Waals surface area contributed by atoms with E-state index in [-0.39, 0.29) is 24.2 Å². The molecule has 0 radical (unpaired) electrons. The molecule has 1 unspecified atom stereocenters. The van der Waals surface area contributed by atoms with E-state index in [1.54, 1.807) is 9.47 Å². The molecule has 1 aromatic carbocycles. The summed E-state index contributed by atoms with van der Waals surface area (Å²) in [5.41, 5.74) is -0.188. The Balaban J connectivity index is 1.42. The average molecular weight is 386 g/mol. The first-order valence-corrected chi connectivity index (χ1v) is 9.98. The summed E-state index contributed by atoms with van der Waals surface area (Å²) < 4.78 is 14.7. The molecule has 0 bridgehead atoms. The van der Waals surface area contributed by atoms with Gasteiger partial charge >= 0.3 is 5.69 Å². The van der Waals surface area contributed by atoms with Gasteiger partial charge in [0.2, 0.25) is 5.91 Å². The van der Waals surface area contributed by atoms with Crippen LogP contribution < -0.4 is 15.2 Å². The van der Waals surface area contributed by atoms with Gasteiger partial charge in [-0.05, 0) is 31.9 Å². The van der Waals surface area contributed by atoms with Crippen LogP contribution in [0.15, 0.2) is 29.1 Å². The number of fused-ring (bicyclic) bond motifs is 2. The number of para-hydroxylation sites is 2. The van der Waals surface area contributed by atoms with E-state index in [2.05, 4.69) is 5.10 Å². The predicted octanol–water partition coefficient (Wildman–Crippen LogP) is 1.46. The number of ether oxygens (including phenoxy) is 2. The molecule has 1 aromatic heterocycles. The largest absolute Gasteiger partial charge is 0.486 e. The van der Waals surface area contributed by atoms with Gasteiger partial charge in [0.25, 0.3) is 0 Å². The van der Waals surface area contributed by atoms with Gasteiger partial charge in [0, 0.05) is 19.5 Å². The minimum absolute atomic E-state index is 0.0448. The van der Waals surface area contributed by atoms with E-state index in [1.807, 2.05) is 31.2 Å². The van der Waals surface area contributed by atoms with Crippen molar-refractivity contribution in [2.24, 2.45) is 0 Å². The molecule has 28 heavy (non-hydrogen) atoms. The average Bonchev–Trinajstić information content (AvgIpc) is 2.87. The van der Waals surface area contributed by atoms with E-state index >= 15 is 0 Å². The standard InChI is InChI=1S/C20H26N4O4/c1-2-22(12-15-14-27-16-8-5-6-9-17(16)28-15)19(25)13-24-20(26)23-11-7-3-4-10-18(23)21-24/h5-6,8-9,15H,2-4,7,10-14H2,1H3. The lowest BCUT2D eigenvalue weighted by Crippen LogP contribution is -2.45. The molecule has 8 heteroatoms. The summed E-state index contributed by atoms with van der Waals surface area (Å²) in [5, 5.41) is 4.41. The number of rotatable bonds is 5. The maximum atomic E-state index is 12.8. The van der Waals surface area contributed by atoms with Crippen LogP contribution in [0.5, 0.6) is 11.5 Å². The second-order valence-electron chi connectivity index (χ2n) is 7.25. The van der Waals surface area contributed by atoms with Crippen molar-refractivity contribution in [1.29, 1.82) is 0 Å². The van der Waals surface area contributed by atoms with Crippen LogP contribution in [0.1, 0.15) is 32.0 Å². The quantitative estimate of drug-likeness (QED) is 0.777. The van der Waals surface area contributed by atoms with E-state index < -0.39 is 0 Å². The third kappa shape index (κ3) is 3.76. The first-order chi connectivity index (χ1) is 13.7. The fraction of sp³-hybridized carbons (Fsp3) is 0.550. The molecule has 1 amide bonds. The number of hydrogen-bond acceptors (Lipinski definition) is 5. The molecule has 3 heterocycles. The maximum absolute atomic E-state index is 12.8. The fourth-order valence-electron chi connectivity index (χ4n) is 3.76. The Hall–Kier alpha value is -2.77. The smallest absolute Gasteiger partial charge is 0.346 e. The Morgan fingerprint density at radius 2 is 2.07 bits per heavy atom. The maximum Gasteiger partial charge on any atom is 0.346 e. The summed E-state index contributed by atoms with van der Waals surface area (Å²) in [7, 11) is 0. The van der Waals surface area contributed by atoms with Crippen molar-refractivity contribution in [2.75, 3.05) is 19.7 Å². The number of nitrogens with zero attached hydrogens (tertiary/aromatic N) is 4. The lowest BCUT2D eigenvalue weighted by atomic mass is 10.2. The molecular weight excluding hydrogens is 360 g/mol. The van der Waals surface area contributed by atoms with Gasteiger partial charge in [-0.3, -0.25) is 9.36 Å². The Morgan fingerprint density at radius 3 is 2.89 bits per heavy atom. The SMILES string of the molecule is CCN(CC1COc2ccccc2O1)C(=O)Cn1nc2n(c1=O)CCCCC2. The molecule has 0 saturated carbocycles. The van der Waals surface area contributed by atoms with Gasteiger partial charge in [-0.1, -0.05) is 18.6 Å². The van der Waals surface area contributed by atoms with Gasteiger partial charge in [0.15, 0.2) is 17.6 Å². The van der Waals surface area contributed by atoms with Crippen LogP contribution in [0.2, 0.25) is 0 Å². The molecule has 0 spiro atoms. The normalized spacial score (nSPS) is 18.2. The third-order valence-corrected chi connectivity index (χ3v) is 5.29. The molecule has 1 atom stereocenters. The van der Waals surface area contributed by atoms with E-state index in [9.17, 15) is 9.59 Å². The van der Waals surface area contributed by atoms with Gasteiger partial charge < -0.3 is 14.4 Å². The number of likely N-dealkylation sites (N-methyl/N-ethyl adjacent to an activating group) is 1. The zero-order chi connectivity index (χ0) is 19.5. The van der Waals surface area contributed by atoms with E-state index in [0.29, 0.717) is 32.0 Å². The van der Waals surface area contributed by atoms with Crippen molar-refractivity contribution in [2.45, 2.75) is 51.8 Å². The summed E-state index contributed by atoms with van der Waals surface area (Å²) >= 11 is 0. The zero-order valence-electron chi connectivity index (χ0n) is 16.2. The Morgan fingerprint density at radius 1 is 1.25 bits per heavy atom. The van der Waals surface area contributed by atoms with Crippen molar-refractivity contribution < 1.29 is 14.3 Å². The number of carbonyl (C=O) groups excluding carboxylic acids is 1. The van der Waals surface area contributed by atoms with Crippen molar-refractivity contribution >= 4 is 5.91 Å². The first-order valence-electron chi connectivity index (χ1n) is 9.98. The summed E-state index contributed by atoms with van der Waals surface area (Å²) in [6.07, 6.45) is 3.67. The topological polar surface area (TPSA) is 78.6 Å². The molecular formula is C20H26N4O4. The highest BCUT2D eigenvalue weighted by atomic mass is 16.6. The molecule has 2 aliphatic rings. The Kier molecular flexibility index (Phi) is 5.36. The highest BCUT2D eigenvalue weighted by molar-refractivity contribution is 5.75. The molecule has 0 N–H and O–H groups in total. The van der Waals surface area contributed by atoms with Crippen molar-refractivity contribution in [3.8, 4) is 11.5 Å². The van der Waals surface area contributed by atoms with E-state index in [0.717, 1.165) is 37.3 Å². The van der Waals surface area contributed by atoms with E-state index in [1.165, 1.54) is 4.68 Å².